The van der Waals surface area contributed by atoms with Crippen LogP contribution in [0.25, 0.3) is 0 Å². The predicted octanol–water partition coefficient (Wildman–Crippen LogP) is 4.03. The molecule has 0 radical (unpaired) electrons. The second kappa shape index (κ2) is 10.7. The molecule has 22 heavy (non-hydrogen) atoms. The molecule has 4 nitrogen and oxygen atoms in total. The number of aliphatic carboxylic acids is 2. The largest absolute Gasteiger partial charge is 0.481 e. The van der Waals surface area contributed by atoms with Crippen molar-refractivity contribution in [2.75, 3.05) is 0 Å². The molecule has 4 heteroatoms. The summed E-state index contributed by atoms with van der Waals surface area (Å²) < 4.78 is 0. The van der Waals surface area contributed by atoms with Crippen LogP contribution in [0.3, 0.4) is 0 Å². The Kier molecular flexibility index (Phi) is 9.69. The van der Waals surface area contributed by atoms with E-state index in [1.807, 2.05) is 0 Å². The molecule has 0 aromatic heterocycles. The summed E-state index contributed by atoms with van der Waals surface area (Å²) in [5.41, 5.74) is -0.949. The number of carboxylic acids is 2. The third kappa shape index (κ3) is 7.68. The van der Waals surface area contributed by atoms with Crippen LogP contribution < -0.4 is 0 Å². The zero-order chi connectivity index (χ0) is 17.0. The summed E-state index contributed by atoms with van der Waals surface area (Å²) in [5.74, 6) is 0.582. The normalized spacial score (nSPS) is 19.4. The summed E-state index contributed by atoms with van der Waals surface area (Å²) in [7, 11) is 0. The molecule has 1 aliphatic rings. The molecule has 0 aromatic carbocycles. The number of rotatable bonds is 7. The van der Waals surface area contributed by atoms with Gasteiger partial charge in [-0.05, 0) is 19.8 Å². The molecule has 0 aromatic rings. The second-order valence-corrected chi connectivity index (χ2v) is 5.62. The van der Waals surface area contributed by atoms with Crippen LogP contribution in [0.5, 0.6) is 0 Å². The molecule has 0 amide bonds. The molecule has 0 heterocycles. The Morgan fingerprint density at radius 3 is 2.41 bits per heavy atom. The third-order valence-corrected chi connectivity index (χ3v) is 3.51. The average Bonchev–Trinajstić information content (AvgIpc) is 2.48. The minimum Gasteiger partial charge on any atom is -0.481 e. The number of carbonyl (C=O) groups is 2. The van der Waals surface area contributed by atoms with Crippen molar-refractivity contribution in [1.82, 2.24) is 0 Å². The lowest BCUT2D eigenvalue weighted by Crippen LogP contribution is -2.28. The second-order valence-electron chi connectivity index (χ2n) is 5.62. The summed E-state index contributed by atoms with van der Waals surface area (Å²) >= 11 is 0. The predicted molar refractivity (Wildman–Crippen MR) is 87.4 cm³/mol. The highest BCUT2D eigenvalue weighted by atomic mass is 16.4. The number of carboxylic acid groups (broad SMARTS) is 2. The van der Waals surface area contributed by atoms with Gasteiger partial charge in [0.15, 0.2) is 0 Å². The molecule has 1 rings (SSSR count). The Labute approximate surface area is 132 Å². The lowest BCUT2D eigenvalue weighted by atomic mass is 9.80. The van der Waals surface area contributed by atoms with Gasteiger partial charge in [0, 0.05) is 12.0 Å². The fourth-order valence-corrected chi connectivity index (χ4v) is 2.01. The van der Waals surface area contributed by atoms with Gasteiger partial charge < -0.3 is 10.2 Å². The number of terminal acetylenes is 1. The van der Waals surface area contributed by atoms with Gasteiger partial charge in [0.05, 0.1) is 5.41 Å². The van der Waals surface area contributed by atoms with E-state index in [2.05, 4.69) is 12.8 Å². The van der Waals surface area contributed by atoms with Crippen molar-refractivity contribution in [3.63, 3.8) is 0 Å². The van der Waals surface area contributed by atoms with Gasteiger partial charge in [-0.1, -0.05) is 50.8 Å². The van der Waals surface area contributed by atoms with E-state index in [4.69, 9.17) is 16.6 Å². The maximum atomic E-state index is 10.8. The molecular weight excluding hydrogens is 280 g/mol. The smallest absolute Gasteiger partial charge is 0.331 e. The maximum Gasteiger partial charge on any atom is 0.331 e. The molecule has 0 saturated carbocycles. The number of hydrogen-bond acceptors (Lipinski definition) is 2. The first kappa shape index (κ1) is 20.0. The first-order valence-electron chi connectivity index (χ1n) is 7.66. The fourth-order valence-electron chi connectivity index (χ4n) is 2.01. The van der Waals surface area contributed by atoms with Gasteiger partial charge in [-0.2, -0.15) is 0 Å². The van der Waals surface area contributed by atoms with Crippen molar-refractivity contribution in [2.24, 2.45) is 5.41 Å². The van der Waals surface area contributed by atoms with E-state index in [0.717, 1.165) is 6.42 Å². The first-order valence-corrected chi connectivity index (χ1v) is 7.66. The lowest BCUT2D eigenvalue weighted by Gasteiger charge is -2.23. The standard InChI is InChI=1S/C9H10O4.C9H16/c1-9(8(12)13)4-2-3-6(5-9)7(10)11;1-3-5-7-9-8-6-4-2/h2-4H,5H2,1H3,(H,10,11)(H,12,13);1H,4-9H2,2H3. The Balaban J connectivity index is 0.000000433. The van der Waals surface area contributed by atoms with E-state index in [-0.39, 0.29) is 12.0 Å². The van der Waals surface area contributed by atoms with Crippen LogP contribution in [0.15, 0.2) is 23.8 Å². The summed E-state index contributed by atoms with van der Waals surface area (Å²) in [5, 5.41) is 17.5. The Hall–Kier alpha value is -2.02. The van der Waals surface area contributed by atoms with Crippen molar-refractivity contribution < 1.29 is 19.8 Å². The van der Waals surface area contributed by atoms with Crippen LogP contribution >= 0.6 is 0 Å². The zero-order valence-electron chi connectivity index (χ0n) is 13.5. The van der Waals surface area contributed by atoms with Gasteiger partial charge in [0.25, 0.3) is 0 Å². The molecule has 1 atom stereocenters. The first-order chi connectivity index (χ1) is 10.4. The summed E-state index contributed by atoms with van der Waals surface area (Å²) in [6.45, 7) is 3.73. The zero-order valence-corrected chi connectivity index (χ0v) is 13.5. The third-order valence-electron chi connectivity index (χ3n) is 3.51. The van der Waals surface area contributed by atoms with Crippen molar-refractivity contribution in [3.8, 4) is 12.3 Å². The van der Waals surface area contributed by atoms with E-state index in [9.17, 15) is 9.59 Å². The molecule has 0 aliphatic heterocycles. The van der Waals surface area contributed by atoms with Crippen LogP contribution in [0.1, 0.15) is 58.8 Å². The highest BCUT2D eigenvalue weighted by Crippen LogP contribution is 2.31. The van der Waals surface area contributed by atoms with Crippen LogP contribution in [0.4, 0.5) is 0 Å². The number of allylic oxidation sites excluding steroid dienone is 2. The van der Waals surface area contributed by atoms with E-state index in [1.165, 1.54) is 57.3 Å². The van der Waals surface area contributed by atoms with Crippen molar-refractivity contribution in [2.45, 2.75) is 58.8 Å². The van der Waals surface area contributed by atoms with Crippen molar-refractivity contribution >= 4 is 11.9 Å². The monoisotopic (exact) mass is 306 g/mol. The van der Waals surface area contributed by atoms with E-state index in [1.54, 1.807) is 0 Å². The van der Waals surface area contributed by atoms with Gasteiger partial charge in [0.2, 0.25) is 0 Å². The Bertz CT molecular complexity index is 468. The molecule has 2 N–H and O–H groups in total. The summed E-state index contributed by atoms with van der Waals surface area (Å²) in [6.07, 6.45) is 17.1. The molecule has 1 aliphatic carbocycles. The van der Waals surface area contributed by atoms with Crippen molar-refractivity contribution in [1.29, 1.82) is 0 Å². The molecule has 122 valence electrons. The molecule has 0 bridgehead atoms. The van der Waals surface area contributed by atoms with Crippen LogP contribution in [-0.4, -0.2) is 22.2 Å². The SMILES string of the molecule is C#CCCCCCCC.CC1(C(=O)O)C=CC=C(C(=O)O)C1. The molecular formula is C18H26O4. The number of unbranched alkanes of at least 4 members (excludes halogenated alkanes) is 5. The van der Waals surface area contributed by atoms with E-state index in [0.29, 0.717) is 0 Å². The summed E-state index contributed by atoms with van der Waals surface area (Å²) in [4.78, 5) is 21.3. The van der Waals surface area contributed by atoms with E-state index >= 15 is 0 Å². The van der Waals surface area contributed by atoms with Gasteiger partial charge >= 0.3 is 11.9 Å². The van der Waals surface area contributed by atoms with Crippen molar-refractivity contribution in [3.05, 3.63) is 23.8 Å². The van der Waals surface area contributed by atoms with Crippen LogP contribution in [0.2, 0.25) is 0 Å². The number of hydrogen-bond donors (Lipinski definition) is 2. The van der Waals surface area contributed by atoms with Gasteiger partial charge in [-0.3, -0.25) is 4.79 Å². The van der Waals surface area contributed by atoms with Crippen LogP contribution in [-0.2, 0) is 9.59 Å². The molecule has 1 unspecified atom stereocenters. The van der Waals surface area contributed by atoms with Gasteiger partial charge in [0.1, 0.15) is 0 Å². The topological polar surface area (TPSA) is 74.6 Å². The Morgan fingerprint density at radius 1 is 1.27 bits per heavy atom. The molecule has 0 fully saturated rings. The van der Waals surface area contributed by atoms with E-state index < -0.39 is 17.4 Å². The lowest BCUT2D eigenvalue weighted by molar-refractivity contribution is -0.145. The maximum absolute atomic E-state index is 10.8. The Morgan fingerprint density at radius 2 is 1.91 bits per heavy atom. The fraction of sp³-hybridized carbons (Fsp3) is 0.556. The average molecular weight is 306 g/mol. The summed E-state index contributed by atoms with van der Waals surface area (Å²) in [6, 6.07) is 0. The van der Waals surface area contributed by atoms with Crippen LogP contribution in [0, 0.1) is 17.8 Å². The van der Waals surface area contributed by atoms with Gasteiger partial charge in [-0.25, -0.2) is 4.79 Å². The molecule has 0 spiro atoms. The highest BCUT2D eigenvalue weighted by molar-refractivity contribution is 5.90. The van der Waals surface area contributed by atoms with Gasteiger partial charge in [-0.15, -0.1) is 12.3 Å². The minimum absolute atomic E-state index is 0.0359. The molecule has 0 saturated heterocycles. The minimum atomic E-state index is -1.08. The highest BCUT2D eigenvalue weighted by Gasteiger charge is 2.34. The quantitative estimate of drug-likeness (QED) is 0.550.